The minimum Gasteiger partial charge on any atom is -0.501 e. The van der Waals surface area contributed by atoms with Crippen LogP contribution in [0.25, 0.3) is 0 Å². The summed E-state index contributed by atoms with van der Waals surface area (Å²) in [6.07, 6.45) is -9.81. The SMILES string of the molecule is CCNC(=O)N1N=C(CC)CC1(O)C(F)(F)F.CCNC(=O)NN.CO/C(C)=C\C(=O)C(F)(F)F. The summed E-state index contributed by atoms with van der Waals surface area (Å²) in [7, 11) is 1.19. The lowest BCUT2D eigenvalue weighted by molar-refractivity contribution is -0.297. The zero-order valence-electron chi connectivity index (χ0n) is 19.7. The van der Waals surface area contributed by atoms with E-state index in [9.17, 15) is 45.8 Å². The Balaban J connectivity index is 0. The summed E-state index contributed by atoms with van der Waals surface area (Å²) < 4.78 is 77.1. The highest BCUT2D eigenvalue weighted by molar-refractivity contribution is 5.94. The molecule has 6 N–H and O–H groups in total. The van der Waals surface area contributed by atoms with Crippen molar-refractivity contribution in [2.75, 3.05) is 20.2 Å². The van der Waals surface area contributed by atoms with E-state index in [2.05, 4.69) is 20.5 Å². The summed E-state index contributed by atoms with van der Waals surface area (Å²) in [6.45, 7) is 7.00. The van der Waals surface area contributed by atoms with Crippen LogP contribution in [0.15, 0.2) is 16.9 Å². The number of alkyl halides is 6. The van der Waals surface area contributed by atoms with Crippen molar-refractivity contribution in [2.45, 2.75) is 58.6 Å². The predicted octanol–water partition coefficient (Wildman–Crippen LogP) is 2.29. The molecule has 204 valence electrons. The van der Waals surface area contributed by atoms with E-state index in [-0.39, 0.29) is 35.5 Å². The van der Waals surface area contributed by atoms with Crippen LogP contribution in [-0.2, 0) is 9.53 Å². The molecule has 1 atom stereocenters. The monoisotopic (exact) mass is 524 g/mol. The molecule has 1 aliphatic heterocycles. The fourth-order valence-corrected chi connectivity index (χ4v) is 2.01. The highest BCUT2D eigenvalue weighted by Crippen LogP contribution is 2.40. The molecule has 1 unspecified atom stereocenters. The highest BCUT2D eigenvalue weighted by Gasteiger charge is 2.63. The van der Waals surface area contributed by atoms with Crippen LogP contribution in [-0.4, -0.2) is 71.9 Å². The summed E-state index contributed by atoms with van der Waals surface area (Å²) in [6, 6.07) is -1.40. The number of aliphatic hydroxyl groups is 1. The van der Waals surface area contributed by atoms with Crippen molar-refractivity contribution in [2.24, 2.45) is 10.9 Å². The quantitative estimate of drug-likeness (QED) is 0.0927. The van der Waals surface area contributed by atoms with Gasteiger partial charge < -0.3 is 20.5 Å². The van der Waals surface area contributed by atoms with Gasteiger partial charge in [0, 0.05) is 31.3 Å². The topological polar surface area (TPSA) is 158 Å². The van der Waals surface area contributed by atoms with Gasteiger partial charge in [0.1, 0.15) is 0 Å². The normalized spacial score (nSPS) is 17.7. The van der Waals surface area contributed by atoms with Crippen LogP contribution in [0.2, 0.25) is 0 Å². The van der Waals surface area contributed by atoms with Gasteiger partial charge in [0.05, 0.1) is 12.9 Å². The molecular formula is C18H30F6N6O5. The van der Waals surface area contributed by atoms with Crippen LogP contribution in [0, 0.1) is 0 Å². The minimum absolute atomic E-state index is 0.0627. The third-order valence-electron chi connectivity index (χ3n) is 3.83. The van der Waals surface area contributed by atoms with Gasteiger partial charge in [-0.25, -0.2) is 15.4 Å². The molecule has 0 aromatic rings. The third kappa shape index (κ3) is 11.7. The van der Waals surface area contributed by atoms with Gasteiger partial charge in [-0.05, 0) is 27.2 Å². The van der Waals surface area contributed by atoms with E-state index in [1.807, 2.05) is 12.3 Å². The summed E-state index contributed by atoms with van der Waals surface area (Å²) in [5.74, 6) is 2.73. The second-order valence-electron chi connectivity index (χ2n) is 6.48. The Labute approximate surface area is 197 Å². The lowest BCUT2D eigenvalue weighted by Crippen LogP contribution is -2.58. The standard InChI is InChI=1S/C9H14F3N3O2.C6H7F3O2.C3H9N3O/c1-3-6-5-8(17,9(10,11)12)15(14-6)7(16)13-4-2;1-4(11-2)3-5(10)6(7,8)9;1-2-5-3(7)6-4/h17H,3-5H2,1-2H3,(H,13,16);3H,1-2H3;2,4H2,1H3,(H2,5,6,7)/b;4-3-;. The number of nitrogens with one attached hydrogen (secondary N) is 3. The first-order chi connectivity index (χ1) is 15.9. The maximum absolute atomic E-state index is 12.8. The van der Waals surface area contributed by atoms with Gasteiger partial charge in [-0.1, -0.05) is 6.92 Å². The van der Waals surface area contributed by atoms with Gasteiger partial charge in [0.15, 0.2) is 0 Å². The van der Waals surface area contributed by atoms with Crippen molar-refractivity contribution in [3.8, 4) is 0 Å². The lowest BCUT2D eigenvalue weighted by atomic mass is 10.1. The Kier molecular flexibility index (Phi) is 14.6. The Morgan fingerprint density at radius 1 is 1.14 bits per heavy atom. The number of hydrogen-bond donors (Lipinski definition) is 5. The number of urea groups is 2. The number of hydrazine groups is 1. The number of allylic oxidation sites excluding steroid dienone is 2. The number of nitrogens with zero attached hydrogens (tertiary/aromatic N) is 2. The second kappa shape index (κ2) is 15.0. The number of carbonyl (C=O) groups is 3. The number of carbonyl (C=O) groups excluding carboxylic acids is 3. The van der Waals surface area contributed by atoms with Gasteiger partial charge in [-0.2, -0.15) is 36.5 Å². The average Bonchev–Trinajstić information content (AvgIpc) is 3.12. The lowest BCUT2D eigenvalue weighted by Gasteiger charge is -2.32. The van der Waals surface area contributed by atoms with Gasteiger partial charge in [-0.3, -0.25) is 10.2 Å². The molecule has 0 aromatic carbocycles. The number of amides is 4. The van der Waals surface area contributed by atoms with Crippen molar-refractivity contribution in [3.05, 3.63) is 11.8 Å². The first-order valence-corrected chi connectivity index (χ1v) is 9.96. The number of methoxy groups -OCH3 is 1. The summed E-state index contributed by atoms with van der Waals surface area (Å²) in [4.78, 5) is 31.6. The van der Waals surface area contributed by atoms with Gasteiger partial charge in [0.2, 0.25) is 0 Å². The van der Waals surface area contributed by atoms with E-state index in [0.717, 1.165) is 0 Å². The van der Waals surface area contributed by atoms with E-state index in [1.165, 1.54) is 14.0 Å². The van der Waals surface area contributed by atoms with Gasteiger partial charge in [0.25, 0.3) is 11.5 Å². The molecule has 11 nitrogen and oxygen atoms in total. The molecule has 35 heavy (non-hydrogen) atoms. The number of halogens is 6. The van der Waals surface area contributed by atoms with Gasteiger partial charge >= 0.3 is 24.4 Å². The van der Waals surface area contributed by atoms with Crippen molar-refractivity contribution < 1.29 is 50.6 Å². The minimum atomic E-state index is -4.95. The van der Waals surface area contributed by atoms with Crippen molar-refractivity contribution in [1.82, 2.24) is 21.1 Å². The zero-order valence-corrected chi connectivity index (χ0v) is 19.7. The average molecular weight is 524 g/mol. The van der Waals surface area contributed by atoms with Crippen molar-refractivity contribution in [3.63, 3.8) is 0 Å². The van der Waals surface area contributed by atoms with E-state index >= 15 is 0 Å². The maximum atomic E-state index is 12.8. The number of ether oxygens (including phenoxy) is 1. The first kappa shape index (κ1) is 34.1. The van der Waals surface area contributed by atoms with E-state index in [4.69, 9.17) is 5.84 Å². The molecule has 0 spiro atoms. The fourth-order valence-electron chi connectivity index (χ4n) is 2.01. The van der Waals surface area contributed by atoms with Gasteiger partial charge in [-0.15, -0.1) is 0 Å². The van der Waals surface area contributed by atoms with Crippen LogP contribution in [0.1, 0.15) is 40.5 Å². The van der Waals surface area contributed by atoms with E-state index in [0.29, 0.717) is 12.6 Å². The molecule has 0 radical (unpaired) electrons. The molecule has 1 aliphatic rings. The number of hydrogen-bond acceptors (Lipinski definition) is 7. The zero-order chi connectivity index (χ0) is 28.0. The first-order valence-electron chi connectivity index (χ1n) is 9.96. The molecule has 1 rings (SSSR count). The van der Waals surface area contributed by atoms with E-state index in [1.54, 1.807) is 13.8 Å². The molecular weight excluding hydrogens is 494 g/mol. The molecule has 0 fully saturated rings. The second-order valence-corrected chi connectivity index (χ2v) is 6.48. The smallest absolute Gasteiger partial charge is 0.454 e. The number of hydrazone groups is 1. The summed E-state index contributed by atoms with van der Waals surface area (Å²) in [5.41, 5.74) is -1.19. The van der Waals surface area contributed by atoms with Crippen molar-refractivity contribution >= 4 is 23.6 Å². The Morgan fingerprint density at radius 2 is 1.66 bits per heavy atom. The predicted molar refractivity (Wildman–Crippen MR) is 112 cm³/mol. The molecule has 1 heterocycles. The molecule has 17 heteroatoms. The van der Waals surface area contributed by atoms with Crippen molar-refractivity contribution in [1.29, 1.82) is 0 Å². The number of ketones is 1. The molecule has 0 aromatic heterocycles. The summed E-state index contributed by atoms with van der Waals surface area (Å²) in [5, 5.41) is 17.8. The largest absolute Gasteiger partial charge is 0.501 e. The highest BCUT2D eigenvalue weighted by atomic mass is 19.4. The Hall–Kier alpha value is -3.08. The molecule has 0 bridgehead atoms. The van der Waals surface area contributed by atoms with Crippen LogP contribution in [0.5, 0.6) is 0 Å². The Bertz CT molecular complexity index is 772. The van der Waals surface area contributed by atoms with Crippen LogP contribution < -0.4 is 21.9 Å². The molecule has 0 saturated carbocycles. The number of nitrogens with two attached hydrogens (primary N) is 1. The van der Waals surface area contributed by atoms with Crippen LogP contribution >= 0.6 is 0 Å². The van der Waals surface area contributed by atoms with E-state index < -0.39 is 36.3 Å². The molecule has 0 saturated heterocycles. The molecule has 4 amide bonds. The number of rotatable bonds is 5. The Morgan fingerprint density at radius 3 is 1.97 bits per heavy atom. The summed E-state index contributed by atoms with van der Waals surface area (Å²) >= 11 is 0. The van der Waals surface area contributed by atoms with Crippen LogP contribution in [0.3, 0.4) is 0 Å². The third-order valence-corrected chi connectivity index (χ3v) is 3.83. The molecule has 0 aliphatic carbocycles. The fraction of sp³-hybridized carbons (Fsp3) is 0.667. The van der Waals surface area contributed by atoms with Crippen LogP contribution in [0.4, 0.5) is 35.9 Å². The maximum Gasteiger partial charge on any atom is 0.454 e.